The molecule has 2 aromatic heterocycles. The van der Waals surface area contributed by atoms with E-state index in [1.165, 1.54) is 0 Å². The Kier molecular flexibility index (Phi) is 5.21. The number of nitrogens with one attached hydrogen (secondary N) is 3. The van der Waals surface area contributed by atoms with Gasteiger partial charge < -0.3 is 20.1 Å². The number of hydrogen-bond acceptors (Lipinski definition) is 4. The van der Waals surface area contributed by atoms with Gasteiger partial charge in [0, 0.05) is 29.1 Å². The maximum Gasteiger partial charge on any atom is 0.326 e. The van der Waals surface area contributed by atoms with Crippen LogP contribution in [0.3, 0.4) is 0 Å². The summed E-state index contributed by atoms with van der Waals surface area (Å²) in [7, 11) is 1.58. The lowest BCUT2D eigenvalue weighted by Gasteiger charge is -2.13. The number of carboxylic acid groups (broad SMARTS) is 1. The molecule has 30 heavy (non-hydrogen) atoms. The predicted octanol–water partition coefficient (Wildman–Crippen LogP) is 2.99. The summed E-state index contributed by atoms with van der Waals surface area (Å²) in [4.78, 5) is 27.5. The average Bonchev–Trinajstić information content (AvgIpc) is 3.41. The third kappa shape index (κ3) is 3.88. The fourth-order valence-corrected chi connectivity index (χ4v) is 3.30. The van der Waals surface area contributed by atoms with E-state index in [2.05, 4.69) is 20.5 Å². The van der Waals surface area contributed by atoms with Crippen LogP contribution in [0.5, 0.6) is 5.75 Å². The molecule has 0 bridgehead atoms. The summed E-state index contributed by atoms with van der Waals surface area (Å²) in [6, 6.07) is 15.4. The molecular weight excluding hydrogens is 384 g/mol. The summed E-state index contributed by atoms with van der Waals surface area (Å²) in [5.41, 5.74) is 3.31. The van der Waals surface area contributed by atoms with Gasteiger partial charge in [-0.1, -0.05) is 18.2 Å². The van der Waals surface area contributed by atoms with E-state index in [0.29, 0.717) is 11.4 Å². The summed E-state index contributed by atoms with van der Waals surface area (Å²) in [5.74, 6) is -0.924. The normalized spacial score (nSPS) is 11.9. The van der Waals surface area contributed by atoms with Crippen molar-refractivity contribution in [1.29, 1.82) is 0 Å². The number of aromatic nitrogens is 3. The van der Waals surface area contributed by atoms with Gasteiger partial charge in [-0.2, -0.15) is 5.10 Å². The van der Waals surface area contributed by atoms with Crippen molar-refractivity contribution in [2.24, 2.45) is 0 Å². The molecule has 1 unspecified atom stereocenters. The van der Waals surface area contributed by atoms with Gasteiger partial charge in [-0.15, -0.1) is 0 Å². The molecule has 0 fully saturated rings. The van der Waals surface area contributed by atoms with Crippen molar-refractivity contribution in [2.75, 3.05) is 7.11 Å². The monoisotopic (exact) mass is 404 g/mol. The molecule has 2 aromatic carbocycles. The first-order valence-electron chi connectivity index (χ1n) is 9.33. The number of fused-ring (bicyclic) bond motifs is 1. The number of carboxylic acids is 1. The maximum atomic E-state index is 12.6. The van der Waals surface area contributed by atoms with E-state index >= 15 is 0 Å². The molecule has 0 radical (unpaired) electrons. The highest BCUT2D eigenvalue weighted by Crippen LogP contribution is 2.22. The summed E-state index contributed by atoms with van der Waals surface area (Å²) in [5, 5.41) is 19.9. The first-order valence-corrected chi connectivity index (χ1v) is 9.33. The van der Waals surface area contributed by atoms with Crippen LogP contribution < -0.4 is 10.1 Å². The molecule has 4 aromatic rings. The Morgan fingerprint density at radius 3 is 2.67 bits per heavy atom. The second-order valence-electron chi connectivity index (χ2n) is 6.82. The zero-order valence-electron chi connectivity index (χ0n) is 16.2. The van der Waals surface area contributed by atoms with Crippen molar-refractivity contribution in [1.82, 2.24) is 20.5 Å². The van der Waals surface area contributed by atoms with Crippen molar-refractivity contribution >= 4 is 22.8 Å². The molecule has 0 saturated heterocycles. The number of aliphatic carboxylic acids is 1. The number of rotatable bonds is 7. The van der Waals surface area contributed by atoms with Gasteiger partial charge in [0.05, 0.1) is 12.8 Å². The van der Waals surface area contributed by atoms with Gasteiger partial charge in [0.1, 0.15) is 17.5 Å². The van der Waals surface area contributed by atoms with Crippen LogP contribution in [-0.4, -0.2) is 45.3 Å². The molecule has 4 N–H and O–H groups in total. The number of benzene rings is 2. The Hall–Kier alpha value is -4.07. The van der Waals surface area contributed by atoms with Crippen molar-refractivity contribution < 1.29 is 19.4 Å². The Balaban J connectivity index is 1.49. The van der Waals surface area contributed by atoms with Gasteiger partial charge >= 0.3 is 5.97 Å². The summed E-state index contributed by atoms with van der Waals surface area (Å²) in [6.45, 7) is 0. The lowest BCUT2D eigenvalue weighted by atomic mass is 10.0. The number of carbonyl (C=O) groups is 2. The molecular formula is C22H20N4O4. The lowest BCUT2D eigenvalue weighted by Crippen LogP contribution is -2.42. The molecule has 1 amide bonds. The smallest absolute Gasteiger partial charge is 0.326 e. The molecule has 0 aliphatic carbocycles. The Morgan fingerprint density at radius 1 is 1.17 bits per heavy atom. The SMILES string of the molecule is COc1ccc(-c2cc(C(=O)NC(Cc3c[nH]c4ccccc34)C(=O)O)[nH]n2)cc1. The van der Waals surface area contributed by atoms with E-state index in [4.69, 9.17) is 4.74 Å². The third-order valence-electron chi connectivity index (χ3n) is 4.91. The third-order valence-corrected chi connectivity index (χ3v) is 4.91. The highest BCUT2D eigenvalue weighted by Gasteiger charge is 2.23. The fraction of sp³-hybridized carbons (Fsp3) is 0.136. The van der Waals surface area contributed by atoms with Gasteiger partial charge in [-0.3, -0.25) is 9.89 Å². The molecule has 0 aliphatic heterocycles. The minimum Gasteiger partial charge on any atom is -0.497 e. The van der Waals surface area contributed by atoms with E-state index < -0.39 is 17.9 Å². The fourth-order valence-electron chi connectivity index (χ4n) is 3.30. The first-order chi connectivity index (χ1) is 14.5. The Labute approximate surface area is 171 Å². The van der Waals surface area contributed by atoms with E-state index in [-0.39, 0.29) is 12.1 Å². The van der Waals surface area contributed by atoms with Crippen molar-refractivity contribution in [2.45, 2.75) is 12.5 Å². The summed E-state index contributed by atoms with van der Waals surface area (Å²) < 4.78 is 5.13. The molecule has 152 valence electrons. The van der Waals surface area contributed by atoms with Gasteiger partial charge in [0.25, 0.3) is 5.91 Å². The van der Waals surface area contributed by atoms with E-state index in [1.807, 2.05) is 36.4 Å². The molecule has 0 saturated carbocycles. The summed E-state index contributed by atoms with van der Waals surface area (Å²) >= 11 is 0. The van der Waals surface area contributed by atoms with Gasteiger partial charge in [-0.05, 0) is 42.0 Å². The number of H-pyrrole nitrogens is 2. The van der Waals surface area contributed by atoms with Crippen LogP contribution in [0, 0.1) is 0 Å². The Bertz CT molecular complexity index is 1190. The average molecular weight is 404 g/mol. The minimum atomic E-state index is -1.11. The summed E-state index contributed by atoms with van der Waals surface area (Å²) in [6.07, 6.45) is 1.93. The predicted molar refractivity (Wildman–Crippen MR) is 111 cm³/mol. The number of para-hydroxylation sites is 1. The van der Waals surface area contributed by atoms with Crippen LogP contribution >= 0.6 is 0 Å². The number of amides is 1. The number of carbonyl (C=O) groups excluding carboxylic acids is 1. The van der Waals surface area contributed by atoms with Crippen LogP contribution in [0.1, 0.15) is 16.1 Å². The quantitative estimate of drug-likeness (QED) is 0.377. The van der Waals surface area contributed by atoms with Gasteiger partial charge in [0.2, 0.25) is 0 Å². The van der Waals surface area contributed by atoms with E-state index in [1.54, 1.807) is 31.5 Å². The maximum absolute atomic E-state index is 12.6. The van der Waals surface area contributed by atoms with Crippen LogP contribution in [0.4, 0.5) is 0 Å². The van der Waals surface area contributed by atoms with E-state index in [9.17, 15) is 14.7 Å². The molecule has 8 nitrogen and oxygen atoms in total. The molecule has 0 spiro atoms. The first kappa shape index (κ1) is 19.3. The van der Waals surface area contributed by atoms with Gasteiger partial charge in [0.15, 0.2) is 0 Å². The Morgan fingerprint density at radius 2 is 1.93 bits per heavy atom. The number of aromatic amines is 2. The van der Waals surface area contributed by atoms with Crippen LogP contribution in [0.25, 0.3) is 22.2 Å². The minimum absolute atomic E-state index is 0.157. The zero-order valence-corrected chi connectivity index (χ0v) is 16.2. The largest absolute Gasteiger partial charge is 0.497 e. The number of nitrogens with zero attached hydrogens (tertiary/aromatic N) is 1. The highest BCUT2D eigenvalue weighted by atomic mass is 16.5. The second-order valence-corrected chi connectivity index (χ2v) is 6.82. The standard InChI is InChI=1S/C22H20N4O4/c1-30-15-8-6-13(7-9-15)18-11-19(26-25-18)21(27)24-20(22(28)29)10-14-12-23-17-5-3-2-4-16(14)17/h2-9,11-12,20,23H,10H2,1H3,(H,24,27)(H,25,26)(H,28,29). The van der Waals surface area contributed by atoms with Gasteiger partial charge in [-0.25, -0.2) is 4.79 Å². The zero-order chi connectivity index (χ0) is 21.1. The van der Waals surface area contributed by atoms with Crippen molar-refractivity contribution in [3.05, 3.63) is 72.1 Å². The number of methoxy groups -OCH3 is 1. The van der Waals surface area contributed by atoms with Crippen LogP contribution in [0.15, 0.2) is 60.8 Å². The number of hydrogen-bond donors (Lipinski definition) is 4. The number of ether oxygens (including phenoxy) is 1. The van der Waals surface area contributed by atoms with Crippen LogP contribution in [-0.2, 0) is 11.2 Å². The lowest BCUT2D eigenvalue weighted by molar-refractivity contribution is -0.139. The molecule has 1 atom stereocenters. The van der Waals surface area contributed by atoms with E-state index in [0.717, 1.165) is 22.0 Å². The van der Waals surface area contributed by atoms with Crippen molar-refractivity contribution in [3.8, 4) is 17.0 Å². The second kappa shape index (κ2) is 8.12. The van der Waals surface area contributed by atoms with Crippen molar-refractivity contribution in [3.63, 3.8) is 0 Å². The highest BCUT2D eigenvalue weighted by molar-refractivity contribution is 5.96. The molecule has 0 aliphatic rings. The molecule has 2 heterocycles. The molecule has 4 rings (SSSR count). The molecule has 8 heteroatoms. The topological polar surface area (TPSA) is 120 Å². The van der Waals surface area contributed by atoms with Crippen LogP contribution in [0.2, 0.25) is 0 Å².